The van der Waals surface area contributed by atoms with E-state index in [0.717, 1.165) is 29.2 Å². The molecule has 0 saturated heterocycles. The van der Waals surface area contributed by atoms with Gasteiger partial charge in [0.25, 0.3) is 0 Å². The molecule has 1 fully saturated rings. The number of alkyl halides is 4. The third kappa shape index (κ3) is 3.94. The predicted molar refractivity (Wildman–Crippen MR) is 96.8 cm³/mol. The fourth-order valence-corrected chi connectivity index (χ4v) is 3.86. The second kappa shape index (κ2) is 7.81. The Morgan fingerprint density at radius 1 is 0.846 bits per heavy atom. The molecule has 1 aliphatic carbocycles. The molecule has 0 N–H and O–H groups in total. The molecule has 140 valence electrons. The van der Waals surface area contributed by atoms with Gasteiger partial charge in [0.15, 0.2) is 0 Å². The summed E-state index contributed by atoms with van der Waals surface area (Å²) in [6.07, 6.45) is 2.55. The van der Waals surface area contributed by atoms with Crippen molar-refractivity contribution in [2.24, 2.45) is 5.92 Å². The van der Waals surface area contributed by atoms with Crippen LogP contribution in [0.1, 0.15) is 56.1 Å². The minimum absolute atomic E-state index is 0.596. The van der Waals surface area contributed by atoms with Gasteiger partial charge in [0.1, 0.15) is 0 Å². The molecular formula is C22H24F4. The van der Waals surface area contributed by atoms with Gasteiger partial charge in [0.05, 0.1) is 0 Å². The van der Waals surface area contributed by atoms with Crippen LogP contribution in [0.5, 0.6) is 0 Å². The standard InChI is InChI=1S/C22H24F4/c1-2-15-3-5-16(6-4-15)17-7-9-18(10-8-17)19-11-13-20(14-12-19)22(25,26)21(23)24/h7-16,21H,2-6H2,1H3/t15-,16-. The molecule has 0 nitrogen and oxygen atoms in total. The van der Waals surface area contributed by atoms with Gasteiger partial charge in [-0.15, -0.1) is 0 Å². The number of rotatable bonds is 5. The van der Waals surface area contributed by atoms with Crippen molar-refractivity contribution in [1.29, 1.82) is 0 Å². The van der Waals surface area contributed by atoms with Crippen molar-refractivity contribution in [2.75, 3.05) is 0 Å². The maximum atomic E-state index is 13.4. The smallest absolute Gasteiger partial charge is 0.203 e. The molecule has 2 aromatic carbocycles. The van der Waals surface area contributed by atoms with E-state index in [2.05, 4.69) is 19.1 Å². The van der Waals surface area contributed by atoms with Gasteiger partial charge in [-0.25, -0.2) is 8.78 Å². The second-order valence-electron chi connectivity index (χ2n) is 7.25. The molecule has 0 unspecified atom stereocenters. The van der Waals surface area contributed by atoms with Crippen LogP contribution in [0, 0.1) is 5.92 Å². The summed E-state index contributed by atoms with van der Waals surface area (Å²) in [6, 6.07) is 13.3. The highest BCUT2D eigenvalue weighted by Crippen LogP contribution is 2.38. The predicted octanol–water partition coefficient (Wildman–Crippen LogP) is 7.39. The van der Waals surface area contributed by atoms with E-state index in [4.69, 9.17) is 0 Å². The third-order valence-corrected chi connectivity index (χ3v) is 5.68. The summed E-state index contributed by atoms with van der Waals surface area (Å²) in [5.74, 6) is -2.66. The topological polar surface area (TPSA) is 0 Å². The molecular weight excluding hydrogens is 340 g/mol. The summed E-state index contributed by atoms with van der Waals surface area (Å²) in [5, 5.41) is 0. The van der Waals surface area contributed by atoms with Crippen molar-refractivity contribution >= 4 is 0 Å². The van der Waals surface area contributed by atoms with Crippen LogP contribution in [0.4, 0.5) is 17.6 Å². The lowest BCUT2D eigenvalue weighted by Crippen LogP contribution is -2.23. The van der Waals surface area contributed by atoms with Crippen molar-refractivity contribution in [3.8, 4) is 11.1 Å². The molecule has 26 heavy (non-hydrogen) atoms. The lowest BCUT2D eigenvalue weighted by molar-refractivity contribution is -0.135. The van der Waals surface area contributed by atoms with Gasteiger partial charge >= 0.3 is 12.3 Å². The number of hydrogen-bond acceptors (Lipinski definition) is 0. The summed E-state index contributed by atoms with van der Waals surface area (Å²) in [5.41, 5.74) is 2.33. The van der Waals surface area contributed by atoms with Crippen molar-refractivity contribution in [2.45, 2.75) is 57.3 Å². The van der Waals surface area contributed by atoms with E-state index in [9.17, 15) is 17.6 Å². The van der Waals surface area contributed by atoms with E-state index in [0.29, 0.717) is 5.92 Å². The zero-order valence-electron chi connectivity index (χ0n) is 14.9. The quantitative estimate of drug-likeness (QED) is 0.485. The van der Waals surface area contributed by atoms with Gasteiger partial charge in [-0.1, -0.05) is 61.9 Å². The number of hydrogen-bond donors (Lipinski definition) is 0. The van der Waals surface area contributed by atoms with Crippen LogP contribution in [-0.4, -0.2) is 6.43 Å². The van der Waals surface area contributed by atoms with Crippen LogP contribution in [0.3, 0.4) is 0 Å². The number of halogens is 4. The highest BCUT2D eigenvalue weighted by molar-refractivity contribution is 5.64. The highest BCUT2D eigenvalue weighted by atomic mass is 19.3. The molecule has 0 heterocycles. The number of benzene rings is 2. The fourth-order valence-electron chi connectivity index (χ4n) is 3.86. The molecule has 0 bridgehead atoms. The van der Waals surface area contributed by atoms with E-state index in [-0.39, 0.29) is 0 Å². The van der Waals surface area contributed by atoms with E-state index >= 15 is 0 Å². The van der Waals surface area contributed by atoms with Gasteiger partial charge < -0.3 is 0 Å². The Morgan fingerprint density at radius 3 is 1.81 bits per heavy atom. The van der Waals surface area contributed by atoms with E-state index in [1.807, 2.05) is 12.1 Å². The molecule has 0 amide bonds. The highest BCUT2D eigenvalue weighted by Gasteiger charge is 2.42. The fraction of sp³-hybridized carbons (Fsp3) is 0.455. The minimum Gasteiger partial charge on any atom is -0.203 e. The Morgan fingerprint density at radius 2 is 1.35 bits per heavy atom. The third-order valence-electron chi connectivity index (χ3n) is 5.68. The average molecular weight is 364 g/mol. The van der Waals surface area contributed by atoms with Gasteiger partial charge in [-0.05, 0) is 54.2 Å². The maximum Gasteiger partial charge on any atom is 0.332 e. The average Bonchev–Trinajstić information content (AvgIpc) is 2.68. The zero-order chi connectivity index (χ0) is 18.7. The first-order chi connectivity index (χ1) is 12.4. The van der Waals surface area contributed by atoms with Crippen LogP contribution in [-0.2, 0) is 5.92 Å². The molecule has 0 aromatic heterocycles. The Balaban J connectivity index is 1.71. The molecule has 1 aliphatic rings. The summed E-state index contributed by atoms with van der Waals surface area (Å²) < 4.78 is 51.6. The first-order valence-corrected chi connectivity index (χ1v) is 9.28. The van der Waals surface area contributed by atoms with Crippen LogP contribution in [0.25, 0.3) is 11.1 Å². The molecule has 0 spiro atoms. The van der Waals surface area contributed by atoms with Gasteiger partial charge in [-0.2, -0.15) is 8.78 Å². The molecule has 3 rings (SSSR count). The van der Waals surface area contributed by atoms with Crippen LogP contribution >= 0.6 is 0 Å². The molecule has 2 aromatic rings. The van der Waals surface area contributed by atoms with Crippen molar-refractivity contribution in [3.05, 3.63) is 59.7 Å². The van der Waals surface area contributed by atoms with E-state index < -0.39 is 17.9 Å². The Kier molecular flexibility index (Phi) is 5.69. The van der Waals surface area contributed by atoms with Gasteiger partial charge in [0.2, 0.25) is 0 Å². The summed E-state index contributed by atoms with van der Waals surface area (Å²) in [4.78, 5) is 0. The zero-order valence-corrected chi connectivity index (χ0v) is 14.9. The monoisotopic (exact) mass is 364 g/mol. The lowest BCUT2D eigenvalue weighted by atomic mass is 9.77. The first-order valence-electron chi connectivity index (χ1n) is 9.28. The molecule has 0 atom stereocenters. The van der Waals surface area contributed by atoms with Crippen LogP contribution < -0.4 is 0 Å². The largest absolute Gasteiger partial charge is 0.332 e. The second-order valence-corrected chi connectivity index (χ2v) is 7.25. The van der Waals surface area contributed by atoms with E-state index in [1.165, 1.54) is 49.8 Å². The maximum absolute atomic E-state index is 13.4. The Bertz CT molecular complexity index is 696. The van der Waals surface area contributed by atoms with Crippen LogP contribution in [0.2, 0.25) is 0 Å². The van der Waals surface area contributed by atoms with Crippen molar-refractivity contribution < 1.29 is 17.6 Å². The molecule has 1 saturated carbocycles. The van der Waals surface area contributed by atoms with Crippen molar-refractivity contribution in [1.82, 2.24) is 0 Å². The summed E-state index contributed by atoms with van der Waals surface area (Å²) in [6.45, 7) is 2.25. The normalized spacial score (nSPS) is 21.2. The van der Waals surface area contributed by atoms with Gasteiger partial charge in [0, 0.05) is 5.56 Å². The molecule has 0 aliphatic heterocycles. The Hall–Kier alpha value is -1.84. The minimum atomic E-state index is -4.11. The molecule has 0 radical (unpaired) electrons. The van der Waals surface area contributed by atoms with Crippen molar-refractivity contribution in [3.63, 3.8) is 0 Å². The summed E-state index contributed by atoms with van der Waals surface area (Å²) >= 11 is 0. The SMILES string of the molecule is CC[C@H]1CC[C@H](c2ccc(-c3ccc(C(F)(F)C(F)F)cc3)cc2)CC1. The first kappa shape index (κ1) is 18.9. The molecule has 4 heteroatoms. The van der Waals surface area contributed by atoms with Gasteiger partial charge in [-0.3, -0.25) is 0 Å². The van der Waals surface area contributed by atoms with Crippen LogP contribution in [0.15, 0.2) is 48.5 Å². The van der Waals surface area contributed by atoms with E-state index in [1.54, 1.807) is 0 Å². The lowest BCUT2D eigenvalue weighted by Gasteiger charge is -2.28. The Labute approximate surface area is 152 Å². The summed E-state index contributed by atoms with van der Waals surface area (Å²) in [7, 11) is 0.